The number of benzene rings is 3. The van der Waals surface area contributed by atoms with E-state index in [1.54, 1.807) is 11.8 Å². The van der Waals surface area contributed by atoms with Gasteiger partial charge < -0.3 is 10.6 Å². The smallest absolute Gasteiger partial charge is 0.255 e. The zero-order chi connectivity index (χ0) is 26.8. The molecule has 0 saturated heterocycles. The quantitative estimate of drug-likeness (QED) is 0.250. The molecule has 1 atom stereocenters. The van der Waals surface area contributed by atoms with E-state index < -0.39 is 6.04 Å². The van der Waals surface area contributed by atoms with E-state index in [1.807, 2.05) is 41.9 Å². The summed E-state index contributed by atoms with van der Waals surface area (Å²) in [5, 5.41) is 12.0. The zero-order valence-electron chi connectivity index (χ0n) is 22.4. The van der Waals surface area contributed by atoms with Crippen molar-refractivity contribution >= 4 is 29.3 Å². The maximum Gasteiger partial charge on any atom is 0.255 e. The van der Waals surface area contributed by atoms with Crippen LogP contribution >= 0.6 is 11.8 Å². The second-order valence-electron chi connectivity index (χ2n) is 10.1. The molecule has 1 aromatic heterocycles. The summed E-state index contributed by atoms with van der Waals surface area (Å²) in [4.78, 5) is 18.5. The van der Waals surface area contributed by atoms with Crippen molar-refractivity contribution in [2.24, 2.45) is 0 Å². The number of para-hydroxylation sites is 1. The van der Waals surface area contributed by atoms with Gasteiger partial charge in [-0.3, -0.25) is 4.79 Å². The van der Waals surface area contributed by atoms with Gasteiger partial charge in [0.1, 0.15) is 6.04 Å². The molecule has 0 bridgehead atoms. The minimum absolute atomic E-state index is 0.162. The van der Waals surface area contributed by atoms with Crippen molar-refractivity contribution in [2.45, 2.75) is 57.5 Å². The first-order chi connectivity index (χ1) is 18.3. The molecule has 0 aliphatic carbocycles. The first-order valence-electron chi connectivity index (χ1n) is 12.9. The molecule has 1 amide bonds. The van der Waals surface area contributed by atoms with Crippen LogP contribution in [0.4, 0.5) is 11.6 Å². The van der Waals surface area contributed by atoms with Gasteiger partial charge >= 0.3 is 0 Å². The SMILES string of the molecule is CC1=C(C(=O)Nc2ccccc2)C(c2ccc(C(C)C)cc2)n2nc(SCc3cc(C)ccc3C)nc2N1. The molecule has 194 valence electrons. The Bertz CT molecular complexity index is 1490. The number of amides is 1. The number of nitrogens with zero attached hydrogens (tertiary/aromatic N) is 3. The van der Waals surface area contributed by atoms with E-state index in [0.29, 0.717) is 22.6 Å². The lowest BCUT2D eigenvalue weighted by Crippen LogP contribution is -2.31. The molecule has 2 heterocycles. The van der Waals surface area contributed by atoms with Crippen molar-refractivity contribution < 1.29 is 4.79 Å². The van der Waals surface area contributed by atoms with Crippen LogP contribution in [0.5, 0.6) is 0 Å². The van der Waals surface area contributed by atoms with E-state index in [1.165, 1.54) is 22.3 Å². The summed E-state index contributed by atoms with van der Waals surface area (Å²) in [6, 6.07) is 24.1. The van der Waals surface area contributed by atoms with Gasteiger partial charge in [0.2, 0.25) is 11.1 Å². The predicted octanol–water partition coefficient (Wildman–Crippen LogP) is 7.24. The van der Waals surface area contributed by atoms with Gasteiger partial charge in [-0.25, -0.2) is 4.68 Å². The molecule has 4 aromatic rings. The summed E-state index contributed by atoms with van der Waals surface area (Å²) >= 11 is 1.60. The molecule has 0 spiro atoms. The van der Waals surface area contributed by atoms with Crippen LogP contribution < -0.4 is 10.6 Å². The number of thioether (sulfide) groups is 1. The Morgan fingerprint density at radius 1 is 1.03 bits per heavy atom. The van der Waals surface area contributed by atoms with E-state index in [4.69, 9.17) is 10.1 Å². The summed E-state index contributed by atoms with van der Waals surface area (Å²) in [6.45, 7) is 10.5. The number of carbonyl (C=O) groups excluding carboxylic acids is 1. The van der Waals surface area contributed by atoms with Crippen molar-refractivity contribution in [1.82, 2.24) is 14.8 Å². The Hall–Kier alpha value is -3.84. The highest BCUT2D eigenvalue weighted by atomic mass is 32.2. The number of allylic oxidation sites excluding steroid dienone is 1. The molecule has 0 radical (unpaired) electrons. The first kappa shape index (κ1) is 25.8. The van der Waals surface area contributed by atoms with Gasteiger partial charge in [-0.2, -0.15) is 4.98 Å². The predicted molar refractivity (Wildman–Crippen MR) is 156 cm³/mol. The topological polar surface area (TPSA) is 71.8 Å². The van der Waals surface area contributed by atoms with Crippen LogP contribution in [0.2, 0.25) is 0 Å². The third-order valence-corrected chi connectivity index (χ3v) is 7.78. The van der Waals surface area contributed by atoms with Crippen molar-refractivity contribution in [2.75, 3.05) is 10.6 Å². The molecule has 0 saturated carbocycles. The third-order valence-electron chi connectivity index (χ3n) is 6.89. The normalized spacial score (nSPS) is 14.8. The van der Waals surface area contributed by atoms with Crippen LogP contribution in [0.3, 0.4) is 0 Å². The Balaban J connectivity index is 1.50. The maximum atomic E-state index is 13.7. The van der Waals surface area contributed by atoms with Crippen molar-refractivity contribution in [1.29, 1.82) is 0 Å². The lowest BCUT2D eigenvalue weighted by molar-refractivity contribution is -0.113. The Labute approximate surface area is 228 Å². The van der Waals surface area contributed by atoms with E-state index in [0.717, 1.165) is 22.7 Å². The summed E-state index contributed by atoms with van der Waals surface area (Å²) in [6.07, 6.45) is 0. The highest BCUT2D eigenvalue weighted by molar-refractivity contribution is 7.98. The van der Waals surface area contributed by atoms with Gasteiger partial charge in [-0.15, -0.1) is 5.10 Å². The van der Waals surface area contributed by atoms with Crippen LogP contribution in [0.15, 0.2) is 89.2 Å². The number of anilines is 2. The van der Waals surface area contributed by atoms with Gasteiger partial charge in [-0.1, -0.05) is 91.8 Å². The fourth-order valence-electron chi connectivity index (χ4n) is 4.68. The number of rotatable bonds is 7. The molecule has 0 fully saturated rings. The molecule has 1 unspecified atom stereocenters. The number of aryl methyl sites for hydroxylation is 2. The molecular weight excluding hydrogens is 490 g/mol. The lowest BCUT2D eigenvalue weighted by Gasteiger charge is -2.29. The van der Waals surface area contributed by atoms with Gasteiger partial charge in [0, 0.05) is 17.1 Å². The highest BCUT2D eigenvalue weighted by Crippen LogP contribution is 2.37. The van der Waals surface area contributed by atoms with Crippen molar-refractivity contribution in [3.63, 3.8) is 0 Å². The van der Waals surface area contributed by atoms with Gasteiger partial charge in [0.05, 0.1) is 5.57 Å². The van der Waals surface area contributed by atoms with E-state index in [-0.39, 0.29) is 5.91 Å². The number of nitrogens with one attached hydrogen (secondary N) is 2. The lowest BCUT2D eigenvalue weighted by atomic mass is 9.93. The monoisotopic (exact) mass is 523 g/mol. The standard InChI is InChI=1S/C31H33N5OS/c1-19(2)23-13-15-24(16-14-23)28-27(29(37)33-26-9-7-6-8-10-26)22(5)32-30-34-31(35-36(28)30)38-18-25-17-20(3)11-12-21(25)4/h6-17,19,28H,18H2,1-5H3,(H,33,37)(H,32,34,35). The Kier molecular flexibility index (Phi) is 7.38. The second-order valence-corrected chi connectivity index (χ2v) is 11.0. The fourth-order valence-corrected chi connectivity index (χ4v) is 5.57. The number of fused-ring (bicyclic) bond motifs is 1. The van der Waals surface area contributed by atoms with E-state index in [2.05, 4.69) is 80.8 Å². The molecule has 1 aliphatic rings. The maximum absolute atomic E-state index is 13.7. The molecule has 6 nitrogen and oxygen atoms in total. The Morgan fingerprint density at radius 2 is 1.76 bits per heavy atom. The summed E-state index contributed by atoms with van der Waals surface area (Å²) in [5.41, 5.74) is 8.15. The van der Waals surface area contributed by atoms with Crippen LogP contribution in [-0.4, -0.2) is 20.7 Å². The number of hydrogen-bond acceptors (Lipinski definition) is 5. The molecular formula is C31H33N5OS. The van der Waals surface area contributed by atoms with Crippen LogP contribution in [0.25, 0.3) is 0 Å². The average molecular weight is 524 g/mol. The minimum atomic E-state index is -0.404. The molecule has 7 heteroatoms. The summed E-state index contributed by atoms with van der Waals surface area (Å²) in [5.74, 6) is 1.67. The van der Waals surface area contributed by atoms with Crippen LogP contribution in [0, 0.1) is 13.8 Å². The summed E-state index contributed by atoms with van der Waals surface area (Å²) in [7, 11) is 0. The van der Waals surface area contributed by atoms with Crippen LogP contribution in [0.1, 0.15) is 60.5 Å². The van der Waals surface area contributed by atoms with Crippen LogP contribution in [-0.2, 0) is 10.5 Å². The summed E-state index contributed by atoms with van der Waals surface area (Å²) < 4.78 is 1.85. The average Bonchev–Trinajstić information content (AvgIpc) is 3.31. The third kappa shape index (κ3) is 5.38. The van der Waals surface area contributed by atoms with E-state index in [9.17, 15) is 4.79 Å². The first-order valence-corrected chi connectivity index (χ1v) is 13.9. The van der Waals surface area contributed by atoms with Gasteiger partial charge in [0.15, 0.2) is 0 Å². The number of hydrogen-bond donors (Lipinski definition) is 2. The largest absolute Gasteiger partial charge is 0.328 e. The van der Waals surface area contributed by atoms with Gasteiger partial charge in [-0.05, 0) is 61.1 Å². The highest BCUT2D eigenvalue weighted by Gasteiger charge is 2.34. The molecule has 3 aromatic carbocycles. The number of carbonyl (C=O) groups is 1. The molecule has 5 rings (SSSR count). The minimum Gasteiger partial charge on any atom is -0.328 e. The van der Waals surface area contributed by atoms with E-state index >= 15 is 0 Å². The van der Waals surface area contributed by atoms with Crippen molar-refractivity contribution in [3.8, 4) is 0 Å². The van der Waals surface area contributed by atoms with Crippen molar-refractivity contribution in [3.05, 3.63) is 112 Å². The molecule has 38 heavy (non-hydrogen) atoms. The fraction of sp³-hybridized carbons (Fsp3) is 0.258. The van der Waals surface area contributed by atoms with Gasteiger partial charge in [0.25, 0.3) is 5.91 Å². The number of aromatic nitrogens is 3. The molecule has 2 N–H and O–H groups in total. The second kappa shape index (κ2) is 10.9. The zero-order valence-corrected chi connectivity index (χ0v) is 23.3. The Morgan fingerprint density at radius 3 is 2.47 bits per heavy atom. The molecule has 1 aliphatic heterocycles.